The molecule has 3 rings (SSSR count). The number of rotatable bonds is 7. The number of nitrogens with zero attached hydrogens (tertiary/aromatic N) is 2. The van der Waals surface area contributed by atoms with E-state index in [0.717, 1.165) is 44.2 Å². The van der Waals surface area contributed by atoms with Crippen LogP contribution in [0.1, 0.15) is 6.42 Å². The minimum atomic E-state index is -3.56. The van der Waals surface area contributed by atoms with E-state index >= 15 is 0 Å². The number of benzene rings is 2. The van der Waals surface area contributed by atoms with E-state index in [0.29, 0.717) is 6.54 Å². The molecule has 0 radical (unpaired) electrons. The van der Waals surface area contributed by atoms with Crippen molar-refractivity contribution < 1.29 is 8.42 Å². The summed E-state index contributed by atoms with van der Waals surface area (Å²) in [6.07, 6.45) is 0.755. The maximum Gasteiger partial charge on any atom is 0.242 e. The number of hydrogen-bond donors (Lipinski definition) is 1. The highest BCUT2D eigenvalue weighted by Crippen LogP contribution is 2.21. The van der Waals surface area contributed by atoms with Crippen molar-refractivity contribution in [3.05, 3.63) is 58.6 Å². The number of hydrogen-bond acceptors (Lipinski definition) is 4. The lowest BCUT2D eigenvalue weighted by molar-refractivity contribution is 0.255. The van der Waals surface area contributed by atoms with Gasteiger partial charge >= 0.3 is 0 Å². The highest BCUT2D eigenvalue weighted by molar-refractivity contribution is 7.89. The molecule has 27 heavy (non-hydrogen) atoms. The molecule has 2 aromatic carbocycles. The van der Waals surface area contributed by atoms with Crippen molar-refractivity contribution in [2.45, 2.75) is 11.3 Å². The summed E-state index contributed by atoms with van der Waals surface area (Å²) in [6.45, 7) is 5.07. The minimum Gasteiger partial charge on any atom is -0.369 e. The SMILES string of the molecule is O=S(=O)(NCCCN1CCN(c2ccc(Cl)cc2)CC1)c1ccccc1Cl. The first kappa shape index (κ1) is 20.4. The molecular weight excluding hydrogens is 405 g/mol. The summed E-state index contributed by atoms with van der Waals surface area (Å²) in [6, 6.07) is 14.4. The number of sulfonamides is 1. The fourth-order valence-electron chi connectivity index (χ4n) is 3.13. The van der Waals surface area contributed by atoms with Crippen molar-refractivity contribution in [1.29, 1.82) is 0 Å². The molecule has 0 bridgehead atoms. The summed E-state index contributed by atoms with van der Waals surface area (Å²) in [7, 11) is -3.56. The highest BCUT2D eigenvalue weighted by Gasteiger charge is 2.19. The van der Waals surface area contributed by atoms with Gasteiger partial charge in [-0.25, -0.2) is 13.1 Å². The van der Waals surface area contributed by atoms with Gasteiger partial charge in [0.05, 0.1) is 5.02 Å². The van der Waals surface area contributed by atoms with E-state index in [1.165, 1.54) is 11.8 Å². The Hall–Kier alpha value is -1.31. The molecule has 1 heterocycles. The van der Waals surface area contributed by atoms with Gasteiger partial charge in [-0.15, -0.1) is 0 Å². The Bertz CT molecular complexity index is 852. The Labute approximate surface area is 170 Å². The van der Waals surface area contributed by atoms with Gasteiger partial charge in [-0.3, -0.25) is 4.90 Å². The molecule has 0 spiro atoms. The van der Waals surface area contributed by atoms with Crippen molar-refractivity contribution in [3.63, 3.8) is 0 Å². The molecule has 8 heteroatoms. The molecule has 0 unspecified atom stereocenters. The van der Waals surface area contributed by atoms with E-state index in [9.17, 15) is 8.42 Å². The quantitative estimate of drug-likeness (QED) is 0.687. The molecule has 1 aliphatic heterocycles. The largest absolute Gasteiger partial charge is 0.369 e. The van der Waals surface area contributed by atoms with Crippen LogP contribution >= 0.6 is 23.2 Å². The van der Waals surface area contributed by atoms with Gasteiger partial charge in [0.25, 0.3) is 0 Å². The molecule has 1 N–H and O–H groups in total. The number of anilines is 1. The summed E-state index contributed by atoms with van der Waals surface area (Å²) in [5.74, 6) is 0. The Kier molecular flexibility index (Phi) is 7.00. The van der Waals surface area contributed by atoms with Gasteiger partial charge in [-0.05, 0) is 49.4 Å². The van der Waals surface area contributed by atoms with Crippen LogP contribution in [0.2, 0.25) is 10.0 Å². The van der Waals surface area contributed by atoms with E-state index in [1.807, 2.05) is 24.3 Å². The minimum absolute atomic E-state index is 0.128. The van der Waals surface area contributed by atoms with Gasteiger partial charge in [0.2, 0.25) is 10.0 Å². The topological polar surface area (TPSA) is 52.7 Å². The van der Waals surface area contributed by atoms with Crippen LogP contribution in [0.4, 0.5) is 5.69 Å². The van der Waals surface area contributed by atoms with Crippen LogP contribution in [0.5, 0.6) is 0 Å². The van der Waals surface area contributed by atoms with Gasteiger partial charge in [0.1, 0.15) is 4.90 Å². The molecule has 146 valence electrons. The number of halogens is 2. The Balaban J connectivity index is 1.40. The first-order chi connectivity index (χ1) is 13.0. The van der Waals surface area contributed by atoms with Crippen LogP contribution in [0.25, 0.3) is 0 Å². The maximum atomic E-state index is 12.3. The highest BCUT2D eigenvalue weighted by atomic mass is 35.5. The molecule has 5 nitrogen and oxygen atoms in total. The zero-order valence-electron chi connectivity index (χ0n) is 14.9. The molecule has 2 aromatic rings. The van der Waals surface area contributed by atoms with Crippen molar-refractivity contribution >= 4 is 38.9 Å². The first-order valence-corrected chi connectivity index (χ1v) is 11.2. The second kappa shape index (κ2) is 9.26. The van der Waals surface area contributed by atoms with Crippen molar-refractivity contribution in [2.24, 2.45) is 0 Å². The Morgan fingerprint density at radius 3 is 2.26 bits per heavy atom. The van der Waals surface area contributed by atoms with Gasteiger partial charge in [-0.2, -0.15) is 0 Å². The van der Waals surface area contributed by atoms with E-state index in [-0.39, 0.29) is 9.92 Å². The third kappa shape index (κ3) is 5.59. The summed E-state index contributed by atoms with van der Waals surface area (Å²) < 4.78 is 27.2. The molecule has 0 aromatic heterocycles. The molecule has 1 fully saturated rings. The molecule has 0 amide bonds. The average Bonchev–Trinajstić information content (AvgIpc) is 2.67. The lowest BCUT2D eigenvalue weighted by Gasteiger charge is -2.36. The summed E-state index contributed by atoms with van der Waals surface area (Å²) in [5, 5.41) is 0.986. The van der Waals surface area contributed by atoms with Crippen LogP contribution in [-0.4, -0.2) is 52.6 Å². The molecule has 1 aliphatic rings. The van der Waals surface area contributed by atoms with Crippen LogP contribution < -0.4 is 9.62 Å². The predicted molar refractivity (Wildman–Crippen MR) is 111 cm³/mol. The third-order valence-electron chi connectivity index (χ3n) is 4.63. The van der Waals surface area contributed by atoms with Crippen LogP contribution in [-0.2, 0) is 10.0 Å². The van der Waals surface area contributed by atoms with Gasteiger partial charge in [0, 0.05) is 43.4 Å². The Morgan fingerprint density at radius 1 is 0.926 bits per heavy atom. The molecule has 0 aliphatic carbocycles. The third-order valence-corrected chi connectivity index (χ3v) is 6.85. The zero-order chi connectivity index (χ0) is 19.3. The summed E-state index contributed by atoms with van der Waals surface area (Å²) in [5.41, 5.74) is 1.19. The van der Waals surface area contributed by atoms with E-state index < -0.39 is 10.0 Å². The van der Waals surface area contributed by atoms with Gasteiger partial charge in [-0.1, -0.05) is 35.3 Å². The van der Waals surface area contributed by atoms with Crippen molar-refractivity contribution in [1.82, 2.24) is 9.62 Å². The fourth-order valence-corrected chi connectivity index (χ4v) is 4.85. The molecule has 1 saturated heterocycles. The summed E-state index contributed by atoms with van der Waals surface area (Å²) in [4.78, 5) is 4.83. The smallest absolute Gasteiger partial charge is 0.242 e. The molecular formula is C19H23Cl2N3O2S. The average molecular weight is 428 g/mol. The number of piperazine rings is 1. The van der Waals surface area contributed by atoms with E-state index in [2.05, 4.69) is 14.5 Å². The van der Waals surface area contributed by atoms with Crippen LogP contribution in [0.15, 0.2) is 53.4 Å². The zero-order valence-corrected chi connectivity index (χ0v) is 17.3. The predicted octanol–water partition coefficient (Wildman–Crippen LogP) is 3.48. The lowest BCUT2D eigenvalue weighted by Crippen LogP contribution is -2.47. The van der Waals surface area contributed by atoms with Crippen molar-refractivity contribution in [2.75, 3.05) is 44.2 Å². The Morgan fingerprint density at radius 2 is 1.59 bits per heavy atom. The second-order valence-corrected chi connectivity index (χ2v) is 9.07. The molecule has 0 saturated carbocycles. The van der Waals surface area contributed by atoms with E-state index in [4.69, 9.17) is 23.2 Å². The van der Waals surface area contributed by atoms with Gasteiger partial charge in [0.15, 0.2) is 0 Å². The van der Waals surface area contributed by atoms with Gasteiger partial charge < -0.3 is 4.90 Å². The monoisotopic (exact) mass is 427 g/mol. The van der Waals surface area contributed by atoms with Crippen LogP contribution in [0.3, 0.4) is 0 Å². The standard InChI is InChI=1S/C19H23Cl2N3O2S/c20-16-6-8-17(9-7-16)24-14-12-23(13-15-24)11-3-10-22-27(25,26)19-5-2-1-4-18(19)21/h1-2,4-9,22H,3,10-15H2. The van der Waals surface area contributed by atoms with Crippen LogP contribution in [0, 0.1) is 0 Å². The number of nitrogens with one attached hydrogen (secondary N) is 1. The lowest BCUT2D eigenvalue weighted by atomic mass is 10.2. The summed E-state index contributed by atoms with van der Waals surface area (Å²) >= 11 is 11.9. The second-order valence-electron chi connectivity index (χ2n) is 6.49. The first-order valence-electron chi connectivity index (χ1n) is 8.93. The molecule has 0 atom stereocenters. The normalized spacial score (nSPS) is 15.9. The van der Waals surface area contributed by atoms with Crippen molar-refractivity contribution in [3.8, 4) is 0 Å². The fraction of sp³-hybridized carbons (Fsp3) is 0.368. The van der Waals surface area contributed by atoms with E-state index in [1.54, 1.807) is 18.2 Å². The maximum absolute atomic E-state index is 12.3.